The minimum absolute atomic E-state index is 0.106. The minimum atomic E-state index is -0.448. The summed E-state index contributed by atoms with van der Waals surface area (Å²) in [6.07, 6.45) is 0. The fourth-order valence-electron chi connectivity index (χ4n) is 1.88. The lowest BCUT2D eigenvalue weighted by atomic mass is 10.2. The van der Waals surface area contributed by atoms with Crippen LogP contribution in [0, 0.1) is 5.82 Å². The highest BCUT2D eigenvalue weighted by molar-refractivity contribution is 9.08. The Balaban J connectivity index is 2.20. The molecule has 0 radical (unpaired) electrons. The van der Waals surface area contributed by atoms with Crippen LogP contribution in [-0.4, -0.2) is 6.61 Å². The first-order valence-electron chi connectivity index (χ1n) is 6.53. The number of benzene rings is 2. The molecule has 0 bridgehead atoms. The second-order valence-corrected chi connectivity index (χ2v) is 5.32. The molecule has 0 aromatic heterocycles. The van der Waals surface area contributed by atoms with Gasteiger partial charge in [0, 0.05) is 10.9 Å². The fraction of sp³-hybridized carbons (Fsp3) is 0.250. The molecule has 0 amide bonds. The molecule has 0 aliphatic heterocycles. The van der Waals surface area contributed by atoms with Gasteiger partial charge >= 0.3 is 0 Å². The second kappa shape index (κ2) is 7.66. The van der Waals surface area contributed by atoms with Gasteiger partial charge < -0.3 is 9.47 Å². The van der Waals surface area contributed by atoms with E-state index in [1.54, 1.807) is 6.07 Å². The molecule has 0 spiro atoms. The summed E-state index contributed by atoms with van der Waals surface area (Å²) in [4.78, 5) is 0. The number of rotatable bonds is 6. The molecular formula is C16H15BrClFO2. The smallest absolute Gasteiger partial charge is 0.165 e. The van der Waals surface area contributed by atoms with Crippen molar-refractivity contribution in [2.75, 3.05) is 6.61 Å². The van der Waals surface area contributed by atoms with Crippen molar-refractivity contribution in [3.63, 3.8) is 0 Å². The molecule has 0 N–H and O–H groups in total. The third-order valence-corrected chi connectivity index (χ3v) is 3.78. The van der Waals surface area contributed by atoms with Gasteiger partial charge in [-0.3, -0.25) is 0 Å². The van der Waals surface area contributed by atoms with E-state index in [9.17, 15) is 4.39 Å². The Labute approximate surface area is 137 Å². The van der Waals surface area contributed by atoms with E-state index in [4.69, 9.17) is 21.1 Å². The maximum absolute atomic E-state index is 13.4. The first kappa shape index (κ1) is 16.1. The van der Waals surface area contributed by atoms with Crippen molar-refractivity contribution in [2.45, 2.75) is 18.9 Å². The monoisotopic (exact) mass is 372 g/mol. The van der Waals surface area contributed by atoms with Gasteiger partial charge in [-0.15, -0.1) is 0 Å². The molecule has 0 aliphatic carbocycles. The van der Waals surface area contributed by atoms with E-state index >= 15 is 0 Å². The van der Waals surface area contributed by atoms with E-state index in [2.05, 4.69) is 15.9 Å². The third-order valence-electron chi connectivity index (χ3n) is 2.87. The molecule has 0 aliphatic rings. The lowest BCUT2D eigenvalue weighted by molar-refractivity contribution is 0.267. The number of para-hydroxylation sites is 1. The molecule has 0 saturated heterocycles. The Morgan fingerprint density at radius 3 is 2.67 bits per heavy atom. The summed E-state index contributed by atoms with van der Waals surface area (Å²) in [6, 6.07) is 10.4. The summed E-state index contributed by atoms with van der Waals surface area (Å²) in [7, 11) is 0. The number of hydrogen-bond donors (Lipinski definition) is 0. The van der Waals surface area contributed by atoms with Gasteiger partial charge in [-0.2, -0.15) is 0 Å². The summed E-state index contributed by atoms with van der Waals surface area (Å²) in [5, 5.41) is 0.757. The van der Waals surface area contributed by atoms with E-state index < -0.39 is 5.82 Å². The van der Waals surface area contributed by atoms with Gasteiger partial charge in [-0.05, 0) is 30.7 Å². The highest BCUT2D eigenvalue weighted by Gasteiger charge is 2.11. The molecule has 0 saturated carbocycles. The van der Waals surface area contributed by atoms with Gasteiger partial charge in [0.2, 0.25) is 0 Å². The van der Waals surface area contributed by atoms with Gasteiger partial charge in [0.15, 0.2) is 11.5 Å². The molecule has 0 heterocycles. The predicted octanol–water partition coefficient (Wildman–Crippen LogP) is 5.35. The van der Waals surface area contributed by atoms with Crippen LogP contribution in [0.5, 0.6) is 11.5 Å². The lowest BCUT2D eigenvalue weighted by Gasteiger charge is -2.15. The van der Waals surface area contributed by atoms with Crippen LogP contribution < -0.4 is 9.47 Å². The average Bonchev–Trinajstić information content (AvgIpc) is 2.49. The SMILES string of the molecule is CCOc1cccc(CBr)c1OCc1ccc(Cl)c(F)c1. The van der Waals surface area contributed by atoms with Gasteiger partial charge in [0.05, 0.1) is 11.6 Å². The van der Waals surface area contributed by atoms with Crippen molar-refractivity contribution in [3.05, 3.63) is 58.4 Å². The summed E-state index contributed by atoms with van der Waals surface area (Å²) in [5.41, 5.74) is 1.69. The quantitative estimate of drug-likeness (QED) is 0.635. The third kappa shape index (κ3) is 4.11. The van der Waals surface area contributed by atoms with Crippen molar-refractivity contribution in [3.8, 4) is 11.5 Å². The highest BCUT2D eigenvalue weighted by atomic mass is 79.9. The first-order valence-corrected chi connectivity index (χ1v) is 8.03. The maximum atomic E-state index is 13.4. The van der Waals surface area contributed by atoms with Crippen molar-refractivity contribution in [1.29, 1.82) is 0 Å². The molecule has 0 atom stereocenters. The molecular weight excluding hydrogens is 359 g/mol. The van der Waals surface area contributed by atoms with Crippen LogP contribution in [0.3, 0.4) is 0 Å². The van der Waals surface area contributed by atoms with Crippen LogP contribution >= 0.6 is 27.5 Å². The average molecular weight is 374 g/mol. The van der Waals surface area contributed by atoms with Crippen LogP contribution in [0.2, 0.25) is 5.02 Å². The number of halogens is 3. The zero-order valence-corrected chi connectivity index (χ0v) is 13.9. The number of ether oxygens (including phenoxy) is 2. The van der Waals surface area contributed by atoms with E-state index in [0.717, 1.165) is 5.56 Å². The zero-order chi connectivity index (χ0) is 15.2. The van der Waals surface area contributed by atoms with Gasteiger partial charge in [-0.25, -0.2) is 4.39 Å². The van der Waals surface area contributed by atoms with Crippen molar-refractivity contribution in [2.24, 2.45) is 0 Å². The van der Waals surface area contributed by atoms with Crippen LogP contribution in [-0.2, 0) is 11.9 Å². The Morgan fingerprint density at radius 2 is 2.00 bits per heavy atom. The molecule has 0 fully saturated rings. The topological polar surface area (TPSA) is 18.5 Å². The summed E-state index contributed by atoms with van der Waals surface area (Å²) >= 11 is 9.10. The Kier molecular flexibility index (Phi) is 5.88. The fourth-order valence-corrected chi connectivity index (χ4v) is 2.44. The standard InChI is InChI=1S/C16H15BrClFO2/c1-2-20-15-5-3-4-12(9-17)16(15)21-10-11-6-7-13(18)14(19)8-11/h3-8H,2,9-10H2,1H3. The minimum Gasteiger partial charge on any atom is -0.490 e. The Bertz CT molecular complexity index is 619. The maximum Gasteiger partial charge on any atom is 0.165 e. The van der Waals surface area contributed by atoms with Crippen LogP contribution in [0.4, 0.5) is 4.39 Å². The van der Waals surface area contributed by atoms with Crippen molar-refractivity contribution < 1.29 is 13.9 Å². The number of alkyl halides is 1. The number of hydrogen-bond acceptors (Lipinski definition) is 2. The van der Waals surface area contributed by atoms with Crippen LogP contribution in [0.25, 0.3) is 0 Å². The van der Waals surface area contributed by atoms with Crippen molar-refractivity contribution >= 4 is 27.5 Å². The summed E-state index contributed by atoms with van der Waals surface area (Å²) in [6.45, 7) is 2.72. The Hall–Kier alpha value is -1.26. The van der Waals surface area contributed by atoms with E-state index in [-0.39, 0.29) is 11.6 Å². The van der Waals surface area contributed by atoms with Crippen LogP contribution in [0.1, 0.15) is 18.1 Å². The molecule has 112 valence electrons. The van der Waals surface area contributed by atoms with E-state index in [1.807, 2.05) is 25.1 Å². The second-order valence-electron chi connectivity index (χ2n) is 4.35. The van der Waals surface area contributed by atoms with E-state index in [0.29, 0.717) is 29.0 Å². The lowest BCUT2D eigenvalue weighted by Crippen LogP contribution is -2.02. The summed E-state index contributed by atoms with van der Waals surface area (Å²) < 4.78 is 24.8. The first-order chi connectivity index (χ1) is 10.2. The largest absolute Gasteiger partial charge is 0.490 e. The van der Waals surface area contributed by atoms with Gasteiger partial charge in [-0.1, -0.05) is 45.7 Å². The van der Waals surface area contributed by atoms with E-state index in [1.165, 1.54) is 12.1 Å². The van der Waals surface area contributed by atoms with Crippen LogP contribution in [0.15, 0.2) is 36.4 Å². The molecule has 0 unspecified atom stereocenters. The molecule has 21 heavy (non-hydrogen) atoms. The molecule has 2 aromatic carbocycles. The summed E-state index contributed by atoms with van der Waals surface area (Å²) in [5.74, 6) is 0.909. The zero-order valence-electron chi connectivity index (χ0n) is 11.5. The molecule has 5 heteroatoms. The molecule has 2 nitrogen and oxygen atoms in total. The van der Waals surface area contributed by atoms with Crippen molar-refractivity contribution in [1.82, 2.24) is 0 Å². The van der Waals surface area contributed by atoms with Gasteiger partial charge in [0.25, 0.3) is 0 Å². The molecule has 2 aromatic rings. The normalized spacial score (nSPS) is 10.5. The highest BCUT2D eigenvalue weighted by Crippen LogP contribution is 2.33. The molecule has 2 rings (SSSR count). The Morgan fingerprint density at radius 1 is 1.19 bits per heavy atom. The van der Waals surface area contributed by atoms with Gasteiger partial charge in [0.1, 0.15) is 12.4 Å². The predicted molar refractivity (Wildman–Crippen MR) is 86.0 cm³/mol.